The van der Waals surface area contributed by atoms with E-state index in [4.69, 9.17) is 5.73 Å². The van der Waals surface area contributed by atoms with Crippen LogP contribution in [0.5, 0.6) is 0 Å². The highest BCUT2D eigenvalue weighted by Crippen LogP contribution is 2.44. The number of nitrogens with two attached hydrogens (primary N) is 1. The number of hydrogen-bond donors (Lipinski definition) is 1. The fourth-order valence-corrected chi connectivity index (χ4v) is 3.48. The number of likely N-dealkylation sites (tertiary alicyclic amines) is 1. The summed E-state index contributed by atoms with van der Waals surface area (Å²) in [7, 11) is 2.20. The van der Waals surface area contributed by atoms with E-state index < -0.39 is 0 Å². The van der Waals surface area contributed by atoms with Crippen molar-refractivity contribution >= 4 is 15.9 Å². The van der Waals surface area contributed by atoms with Gasteiger partial charge in [0.15, 0.2) is 0 Å². The topological polar surface area (TPSA) is 29.3 Å². The molecule has 1 atom stereocenters. The summed E-state index contributed by atoms with van der Waals surface area (Å²) >= 11 is 3.72. The van der Waals surface area contributed by atoms with Crippen LogP contribution in [0.3, 0.4) is 0 Å². The second-order valence-electron chi connectivity index (χ2n) is 5.64. The quantitative estimate of drug-likeness (QED) is 0.909. The summed E-state index contributed by atoms with van der Waals surface area (Å²) in [6.45, 7) is 2.38. The van der Waals surface area contributed by atoms with Gasteiger partial charge in [0.25, 0.3) is 0 Å². The van der Waals surface area contributed by atoms with Crippen molar-refractivity contribution in [3.05, 3.63) is 33.8 Å². The second kappa shape index (κ2) is 4.08. The number of benzene rings is 1. The molecule has 2 N–H and O–H groups in total. The van der Waals surface area contributed by atoms with E-state index >= 15 is 0 Å². The van der Waals surface area contributed by atoms with E-state index in [-0.39, 0.29) is 5.54 Å². The molecule has 1 unspecified atom stereocenters. The highest BCUT2D eigenvalue weighted by atomic mass is 79.9. The maximum Gasteiger partial charge on any atom is 0.0411 e. The molecular formula is C14H19BrN2. The zero-order valence-electron chi connectivity index (χ0n) is 10.2. The molecule has 2 aliphatic rings. The minimum atomic E-state index is -0.0203. The van der Waals surface area contributed by atoms with E-state index in [1.807, 2.05) is 0 Å². The van der Waals surface area contributed by atoms with Crippen molar-refractivity contribution in [3.8, 4) is 0 Å². The Morgan fingerprint density at radius 2 is 2.18 bits per heavy atom. The monoisotopic (exact) mass is 294 g/mol. The summed E-state index contributed by atoms with van der Waals surface area (Å²) in [6, 6.07) is 6.74. The summed E-state index contributed by atoms with van der Waals surface area (Å²) < 4.78 is 1.24. The largest absolute Gasteiger partial charge is 0.321 e. The van der Waals surface area contributed by atoms with Gasteiger partial charge in [-0.2, -0.15) is 0 Å². The lowest BCUT2D eigenvalue weighted by atomic mass is 9.95. The molecule has 3 rings (SSSR count). The molecule has 92 valence electrons. The van der Waals surface area contributed by atoms with Crippen LogP contribution >= 0.6 is 15.9 Å². The third kappa shape index (κ3) is 2.16. The van der Waals surface area contributed by atoms with Crippen molar-refractivity contribution in [2.24, 2.45) is 5.73 Å². The minimum Gasteiger partial charge on any atom is -0.321 e. The van der Waals surface area contributed by atoms with Gasteiger partial charge in [-0.05, 0) is 56.0 Å². The molecule has 17 heavy (non-hydrogen) atoms. The van der Waals surface area contributed by atoms with Crippen molar-refractivity contribution in [2.45, 2.75) is 30.7 Å². The van der Waals surface area contributed by atoms with E-state index in [0.29, 0.717) is 5.92 Å². The highest BCUT2D eigenvalue weighted by Gasteiger charge is 2.40. The van der Waals surface area contributed by atoms with Gasteiger partial charge in [0.05, 0.1) is 0 Å². The van der Waals surface area contributed by atoms with Gasteiger partial charge >= 0.3 is 0 Å². The van der Waals surface area contributed by atoms with Crippen LogP contribution < -0.4 is 5.73 Å². The smallest absolute Gasteiger partial charge is 0.0411 e. The normalized spacial score (nSPS) is 27.4. The van der Waals surface area contributed by atoms with Crippen molar-refractivity contribution in [1.82, 2.24) is 4.90 Å². The summed E-state index contributed by atoms with van der Waals surface area (Å²) in [5.41, 5.74) is 8.95. The molecule has 1 heterocycles. The fourth-order valence-electron chi connectivity index (χ4n) is 2.78. The average Bonchev–Trinajstić information content (AvgIpc) is 2.90. The first kappa shape index (κ1) is 11.7. The van der Waals surface area contributed by atoms with Gasteiger partial charge in [0.1, 0.15) is 0 Å². The number of nitrogens with zero attached hydrogens (tertiary/aromatic N) is 1. The summed E-state index contributed by atoms with van der Waals surface area (Å²) in [6.07, 6.45) is 3.53. The predicted molar refractivity (Wildman–Crippen MR) is 74.1 cm³/mol. The first-order chi connectivity index (χ1) is 8.08. The van der Waals surface area contributed by atoms with Crippen LogP contribution in [0.4, 0.5) is 0 Å². The summed E-state index contributed by atoms with van der Waals surface area (Å²) in [4.78, 5) is 2.40. The predicted octanol–water partition coefficient (Wildman–Crippen LogP) is 2.82. The van der Waals surface area contributed by atoms with Gasteiger partial charge in [-0.3, -0.25) is 0 Å². The van der Waals surface area contributed by atoms with Crippen molar-refractivity contribution < 1.29 is 0 Å². The number of halogens is 1. The Balaban J connectivity index is 1.86. The SMILES string of the molecule is CN1CCC(c2ccc(C3(N)CC3)cc2Br)C1. The first-order valence-corrected chi connectivity index (χ1v) is 7.15. The van der Waals surface area contributed by atoms with Crippen LogP contribution in [0, 0.1) is 0 Å². The molecule has 1 saturated heterocycles. The van der Waals surface area contributed by atoms with Crippen molar-refractivity contribution in [3.63, 3.8) is 0 Å². The van der Waals surface area contributed by atoms with E-state index in [1.165, 1.54) is 35.1 Å². The van der Waals surface area contributed by atoms with E-state index in [0.717, 1.165) is 12.8 Å². The zero-order chi connectivity index (χ0) is 12.0. The van der Waals surface area contributed by atoms with Gasteiger partial charge in [-0.25, -0.2) is 0 Å². The molecule has 0 bridgehead atoms. The van der Waals surface area contributed by atoms with Crippen molar-refractivity contribution in [2.75, 3.05) is 20.1 Å². The highest BCUT2D eigenvalue weighted by molar-refractivity contribution is 9.10. The lowest BCUT2D eigenvalue weighted by Gasteiger charge is -2.16. The molecule has 1 aliphatic heterocycles. The lowest BCUT2D eigenvalue weighted by molar-refractivity contribution is 0.411. The second-order valence-corrected chi connectivity index (χ2v) is 6.49. The Hall–Kier alpha value is -0.380. The van der Waals surface area contributed by atoms with E-state index in [9.17, 15) is 0 Å². The zero-order valence-corrected chi connectivity index (χ0v) is 11.8. The molecule has 1 aromatic rings. The summed E-state index contributed by atoms with van der Waals surface area (Å²) in [5.74, 6) is 0.677. The molecule has 2 nitrogen and oxygen atoms in total. The number of likely N-dealkylation sites (N-methyl/N-ethyl adjacent to an activating group) is 1. The Labute approximate surface area is 111 Å². The average molecular weight is 295 g/mol. The van der Waals surface area contributed by atoms with Crippen LogP contribution in [0.25, 0.3) is 0 Å². The molecule has 1 saturated carbocycles. The standard InChI is InChI=1S/C14H19BrN2/c1-17-7-4-10(9-17)12-3-2-11(8-13(12)15)14(16)5-6-14/h2-3,8,10H,4-7,9,16H2,1H3. The maximum absolute atomic E-state index is 6.23. The fraction of sp³-hybridized carbons (Fsp3) is 0.571. The number of rotatable bonds is 2. The van der Waals surface area contributed by atoms with Gasteiger partial charge in [-0.1, -0.05) is 28.1 Å². The van der Waals surface area contributed by atoms with Crippen molar-refractivity contribution in [1.29, 1.82) is 0 Å². The van der Waals surface area contributed by atoms with Gasteiger partial charge in [0, 0.05) is 16.6 Å². The molecule has 1 aromatic carbocycles. The minimum absolute atomic E-state index is 0.0203. The molecule has 0 aromatic heterocycles. The molecule has 3 heteroatoms. The third-order valence-electron chi connectivity index (χ3n) is 4.20. The third-order valence-corrected chi connectivity index (χ3v) is 4.88. The van der Waals surface area contributed by atoms with Gasteiger partial charge in [0.2, 0.25) is 0 Å². The van der Waals surface area contributed by atoms with E-state index in [1.54, 1.807) is 0 Å². The van der Waals surface area contributed by atoms with Crippen LogP contribution in [0.15, 0.2) is 22.7 Å². The van der Waals surface area contributed by atoms with Crippen LogP contribution in [-0.4, -0.2) is 25.0 Å². The molecule has 0 radical (unpaired) electrons. The van der Waals surface area contributed by atoms with Crippen LogP contribution in [0.1, 0.15) is 36.3 Å². The molecule has 0 spiro atoms. The molecular weight excluding hydrogens is 276 g/mol. The Morgan fingerprint density at radius 3 is 2.71 bits per heavy atom. The van der Waals surface area contributed by atoms with Gasteiger partial charge < -0.3 is 10.6 Å². The first-order valence-electron chi connectivity index (χ1n) is 6.36. The maximum atomic E-state index is 6.23. The lowest BCUT2D eigenvalue weighted by Crippen LogP contribution is -2.19. The molecule has 2 fully saturated rings. The Bertz CT molecular complexity index is 440. The van der Waals surface area contributed by atoms with Gasteiger partial charge in [-0.15, -0.1) is 0 Å². The Morgan fingerprint density at radius 1 is 1.41 bits per heavy atom. The Kier molecular flexibility index (Phi) is 2.80. The molecule has 1 aliphatic carbocycles. The number of hydrogen-bond acceptors (Lipinski definition) is 2. The molecule has 0 amide bonds. The van der Waals surface area contributed by atoms with Crippen LogP contribution in [0.2, 0.25) is 0 Å². The van der Waals surface area contributed by atoms with E-state index in [2.05, 4.69) is 46.1 Å². The summed E-state index contributed by atoms with van der Waals surface area (Å²) in [5, 5.41) is 0. The van der Waals surface area contributed by atoms with Crippen LogP contribution in [-0.2, 0) is 5.54 Å².